The summed E-state index contributed by atoms with van der Waals surface area (Å²) in [6, 6.07) is 0. The van der Waals surface area contributed by atoms with Crippen LogP contribution in [0.5, 0.6) is 0 Å². The van der Waals surface area contributed by atoms with E-state index in [0.717, 1.165) is 12.1 Å². The van der Waals surface area contributed by atoms with Gasteiger partial charge in [-0.05, 0) is 25.7 Å². The molecule has 0 aliphatic heterocycles. The minimum Gasteiger partial charge on any atom is -0.402 e. The van der Waals surface area contributed by atoms with E-state index in [-0.39, 0.29) is 0 Å². The Balaban J connectivity index is 2.55. The summed E-state index contributed by atoms with van der Waals surface area (Å²) in [5.74, 6) is 0. The van der Waals surface area contributed by atoms with Crippen LogP contribution in [-0.4, -0.2) is 0 Å². The fraction of sp³-hybridized carbons (Fsp3) is 0.778. The van der Waals surface area contributed by atoms with Crippen molar-refractivity contribution in [3.05, 3.63) is 11.8 Å². The molecule has 0 aromatic heterocycles. The van der Waals surface area contributed by atoms with Crippen molar-refractivity contribution >= 4 is 0 Å². The molecule has 0 atom stereocenters. The quantitative estimate of drug-likeness (QED) is 0.638. The third-order valence-electron chi connectivity index (χ3n) is 2.57. The topological polar surface area (TPSA) is 26.0 Å². The number of rotatable bonds is 3. The van der Waals surface area contributed by atoms with Crippen LogP contribution in [0.15, 0.2) is 11.8 Å². The summed E-state index contributed by atoms with van der Waals surface area (Å²) in [5, 5.41) is 0. The fourth-order valence-corrected chi connectivity index (χ4v) is 1.43. The van der Waals surface area contributed by atoms with E-state index in [1.165, 1.54) is 19.3 Å². The fourth-order valence-electron chi connectivity index (χ4n) is 1.43. The third kappa shape index (κ3) is 1.18. The van der Waals surface area contributed by atoms with Gasteiger partial charge >= 0.3 is 0 Å². The van der Waals surface area contributed by atoms with E-state index >= 15 is 0 Å². The Morgan fingerprint density at radius 2 is 2.10 bits per heavy atom. The third-order valence-corrected chi connectivity index (χ3v) is 2.57. The lowest BCUT2D eigenvalue weighted by Gasteiger charge is -2.11. The minimum atomic E-state index is 0.440. The molecule has 1 rings (SSSR count). The number of hydrogen-bond donors (Lipinski definition) is 1. The van der Waals surface area contributed by atoms with Crippen molar-refractivity contribution in [3.8, 4) is 0 Å². The van der Waals surface area contributed by atoms with Crippen LogP contribution in [0.1, 0.15) is 39.5 Å². The molecule has 0 aromatic carbocycles. The van der Waals surface area contributed by atoms with Gasteiger partial charge in [0.1, 0.15) is 0 Å². The lowest BCUT2D eigenvalue weighted by atomic mass is 9.99. The Morgan fingerprint density at radius 1 is 1.50 bits per heavy atom. The van der Waals surface area contributed by atoms with Gasteiger partial charge in [-0.3, -0.25) is 0 Å². The lowest BCUT2D eigenvalue weighted by molar-refractivity contribution is 0.573. The molecule has 0 amide bonds. The molecule has 0 saturated heterocycles. The molecule has 0 bridgehead atoms. The second-order valence-corrected chi connectivity index (χ2v) is 3.20. The zero-order chi connectivity index (χ0) is 7.61. The molecule has 0 aromatic rings. The molecule has 10 heavy (non-hydrogen) atoms. The molecular weight excluding hydrogens is 122 g/mol. The number of nitrogens with two attached hydrogens (primary N) is 1. The zero-order valence-electron chi connectivity index (χ0n) is 6.98. The van der Waals surface area contributed by atoms with Crippen LogP contribution >= 0.6 is 0 Å². The standard InChI is InChI=1S/C9H17N/c1-3-5-8(10)9(4-2)6-7-9/h5H,3-4,6-7,10H2,1-2H3/b8-5+. The summed E-state index contributed by atoms with van der Waals surface area (Å²) < 4.78 is 0. The Kier molecular flexibility index (Phi) is 2.02. The molecule has 1 heteroatoms. The maximum Gasteiger partial charge on any atom is 0.0103 e. The summed E-state index contributed by atoms with van der Waals surface area (Å²) in [5.41, 5.74) is 7.47. The average Bonchev–Trinajstić information content (AvgIpc) is 2.68. The van der Waals surface area contributed by atoms with E-state index in [1.54, 1.807) is 0 Å². The van der Waals surface area contributed by atoms with Crippen LogP contribution in [0, 0.1) is 5.41 Å². The molecule has 1 saturated carbocycles. The normalized spacial score (nSPS) is 22.8. The van der Waals surface area contributed by atoms with Crippen LogP contribution in [0.25, 0.3) is 0 Å². The van der Waals surface area contributed by atoms with Crippen molar-refractivity contribution in [2.24, 2.45) is 11.1 Å². The molecule has 1 aliphatic rings. The summed E-state index contributed by atoms with van der Waals surface area (Å²) >= 11 is 0. The van der Waals surface area contributed by atoms with E-state index in [2.05, 4.69) is 19.9 Å². The van der Waals surface area contributed by atoms with Crippen molar-refractivity contribution < 1.29 is 0 Å². The van der Waals surface area contributed by atoms with Gasteiger partial charge < -0.3 is 5.73 Å². The first-order chi connectivity index (χ1) is 4.75. The first-order valence-corrected chi connectivity index (χ1v) is 4.21. The van der Waals surface area contributed by atoms with Crippen molar-refractivity contribution in [2.75, 3.05) is 0 Å². The highest BCUT2D eigenvalue weighted by atomic mass is 14.7. The zero-order valence-corrected chi connectivity index (χ0v) is 6.98. The first-order valence-electron chi connectivity index (χ1n) is 4.21. The van der Waals surface area contributed by atoms with Gasteiger partial charge in [-0.25, -0.2) is 0 Å². The predicted molar refractivity (Wildman–Crippen MR) is 44.5 cm³/mol. The highest BCUT2D eigenvalue weighted by Crippen LogP contribution is 2.52. The van der Waals surface area contributed by atoms with E-state index in [0.29, 0.717) is 5.41 Å². The van der Waals surface area contributed by atoms with Gasteiger partial charge in [0, 0.05) is 11.1 Å². The Morgan fingerprint density at radius 3 is 2.40 bits per heavy atom. The van der Waals surface area contributed by atoms with E-state index in [9.17, 15) is 0 Å². The SMILES string of the molecule is CC/C=C(/N)C1(CC)CC1. The number of hydrogen-bond acceptors (Lipinski definition) is 1. The summed E-state index contributed by atoms with van der Waals surface area (Å²) in [6.07, 6.45) is 7.08. The van der Waals surface area contributed by atoms with E-state index in [4.69, 9.17) is 5.73 Å². The molecule has 0 unspecified atom stereocenters. The van der Waals surface area contributed by atoms with Gasteiger partial charge in [0.25, 0.3) is 0 Å². The van der Waals surface area contributed by atoms with Gasteiger partial charge in [0.2, 0.25) is 0 Å². The monoisotopic (exact) mass is 139 g/mol. The molecule has 58 valence electrons. The molecule has 1 aliphatic carbocycles. The summed E-state index contributed by atoms with van der Waals surface area (Å²) in [6.45, 7) is 4.36. The van der Waals surface area contributed by atoms with Crippen molar-refractivity contribution in [1.29, 1.82) is 0 Å². The van der Waals surface area contributed by atoms with Crippen LogP contribution in [0.4, 0.5) is 0 Å². The molecule has 2 N–H and O–H groups in total. The van der Waals surface area contributed by atoms with E-state index in [1.807, 2.05) is 0 Å². The first kappa shape index (κ1) is 7.64. The van der Waals surface area contributed by atoms with Crippen molar-refractivity contribution in [2.45, 2.75) is 39.5 Å². The molecule has 1 fully saturated rings. The van der Waals surface area contributed by atoms with E-state index < -0.39 is 0 Å². The van der Waals surface area contributed by atoms with Crippen LogP contribution < -0.4 is 5.73 Å². The second-order valence-electron chi connectivity index (χ2n) is 3.20. The van der Waals surface area contributed by atoms with Gasteiger partial charge in [-0.2, -0.15) is 0 Å². The Bertz CT molecular complexity index is 143. The van der Waals surface area contributed by atoms with Gasteiger partial charge in [0.05, 0.1) is 0 Å². The summed E-state index contributed by atoms with van der Waals surface area (Å²) in [4.78, 5) is 0. The second kappa shape index (κ2) is 2.65. The molecule has 0 heterocycles. The maximum atomic E-state index is 5.90. The van der Waals surface area contributed by atoms with Gasteiger partial charge in [-0.15, -0.1) is 0 Å². The highest BCUT2D eigenvalue weighted by molar-refractivity contribution is 5.18. The molecule has 1 nitrogen and oxygen atoms in total. The smallest absolute Gasteiger partial charge is 0.0103 e. The minimum absolute atomic E-state index is 0.440. The lowest BCUT2D eigenvalue weighted by Crippen LogP contribution is -2.11. The van der Waals surface area contributed by atoms with Crippen LogP contribution in [0.3, 0.4) is 0 Å². The van der Waals surface area contributed by atoms with Crippen molar-refractivity contribution in [3.63, 3.8) is 0 Å². The predicted octanol–water partition coefficient (Wildman–Crippen LogP) is 2.43. The average molecular weight is 139 g/mol. The van der Waals surface area contributed by atoms with Crippen LogP contribution in [-0.2, 0) is 0 Å². The van der Waals surface area contributed by atoms with Crippen LogP contribution in [0.2, 0.25) is 0 Å². The number of allylic oxidation sites excluding steroid dienone is 2. The highest BCUT2D eigenvalue weighted by Gasteiger charge is 2.42. The van der Waals surface area contributed by atoms with Gasteiger partial charge in [0.15, 0.2) is 0 Å². The Hall–Kier alpha value is -0.460. The summed E-state index contributed by atoms with van der Waals surface area (Å²) in [7, 11) is 0. The largest absolute Gasteiger partial charge is 0.402 e. The molecular formula is C9H17N. The molecule has 0 spiro atoms. The Labute approximate surface area is 63.3 Å². The molecule has 0 radical (unpaired) electrons. The maximum absolute atomic E-state index is 5.90. The van der Waals surface area contributed by atoms with Gasteiger partial charge in [-0.1, -0.05) is 19.9 Å². The van der Waals surface area contributed by atoms with Crippen molar-refractivity contribution in [1.82, 2.24) is 0 Å².